The highest BCUT2D eigenvalue weighted by Crippen LogP contribution is 2.32. The van der Waals surface area contributed by atoms with Crippen LogP contribution in [0.3, 0.4) is 0 Å². The summed E-state index contributed by atoms with van der Waals surface area (Å²) < 4.78 is 0. The van der Waals surface area contributed by atoms with Crippen LogP contribution in [-0.2, 0) is 29.1 Å². The Kier molecular flexibility index (Phi) is 7.98. The van der Waals surface area contributed by atoms with E-state index in [-0.39, 0.29) is 50.1 Å². The Balaban J connectivity index is 1.36. The van der Waals surface area contributed by atoms with Crippen LogP contribution < -0.4 is 5.32 Å². The van der Waals surface area contributed by atoms with E-state index in [1.54, 1.807) is 29.2 Å². The Morgan fingerprint density at radius 1 is 0.860 bits per heavy atom. The number of piperazine rings is 1. The number of carbonyl (C=O) groups is 3. The van der Waals surface area contributed by atoms with E-state index in [0.29, 0.717) is 6.54 Å². The molecule has 3 N–H and O–H groups in total. The number of amides is 4. The Morgan fingerprint density at radius 3 is 2.35 bits per heavy atom. The number of aliphatic hydroxyl groups is 1. The van der Waals surface area contributed by atoms with Gasteiger partial charge in [0.2, 0.25) is 11.8 Å². The molecule has 3 atom stereocenters. The van der Waals surface area contributed by atoms with Gasteiger partial charge in [0.15, 0.2) is 0 Å². The first kappa shape index (κ1) is 28.2. The molecule has 0 aromatic heterocycles. The Hall–Kier alpha value is -4.89. The van der Waals surface area contributed by atoms with Crippen molar-refractivity contribution in [2.75, 3.05) is 13.2 Å². The number of aromatic hydroxyl groups is 1. The van der Waals surface area contributed by atoms with E-state index in [9.17, 15) is 24.6 Å². The number of hydrogen-bond donors (Lipinski definition) is 3. The third-order valence-electron chi connectivity index (χ3n) is 8.39. The zero-order valence-electron chi connectivity index (χ0n) is 23.7. The van der Waals surface area contributed by atoms with Crippen molar-refractivity contribution in [1.29, 1.82) is 0 Å². The Labute approximate surface area is 249 Å². The van der Waals surface area contributed by atoms with Crippen molar-refractivity contribution in [1.82, 2.24) is 20.0 Å². The minimum Gasteiger partial charge on any atom is -0.508 e. The quantitative estimate of drug-likeness (QED) is 0.310. The average Bonchev–Trinajstić information content (AvgIpc) is 3.03. The van der Waals surface area contributed by atoms with Gasteiger partial charge < -0.3 is 25.3 Å². The molecule has 2 fully saturated rings. The fourth-order valence-electron chi connectivity index (χ4n) is 6.26. The smallest absolute Gasteiger partial charge is 0.319 e. The van der Waals surface area contributed by atoms with Crippen LogP contribution in [0.4, 0.5) is 4.79 Å². The zero-order chi connectivity index (χ0) is 29.9. The standard InChI is InChI=1S/C34H34N4O5/c39-22-27-18-32(41)38-30(17-23-13-15-28(40)16-14-23)33(42)36(20-26-11-6-10-25-9-4-5-12-29(25)26)21-31(38)37(27)34(43)35-19-24-7-2-1-3-8-24/h1-16,27,30-31,39-40H,17-22H2,(H,35,43)/t27?,30?,31-/m1/s1. The molecule has 2 heterocycles. The maximum atomic E-state index is 14.2. The molecule has 0 saturated carbocycles. The summed E-state index contributed by atoms with van der Waals surface area (Å²) in [6.45, 7) is 0.308. The van der Waals surface area contributed by atoms with Gasteiger partial charge >= 0.3 is 6.03 Å². The van der Waals surface area contributed by atoms with Gasteiger partial charge in [-0.15, -0.1) is 0 Å². The molecule has 4 amide bonds. The van der Waals surface area contributed by atoms with Gasteiger partial charge in [-0.3, -0.25) is 14.5 Å². The number of carbonyl (C=O) groups excluding carboxylic acids is 3. The lowest BCUT2D eigenvalue weighted by Crippen LogP contribution is -2.74. The van der Waals surface area contributed by atoms with Crippen molar-refractivity contribution in [3.63, 3.8) is 0 Å². The fourth-order valence-corrected chi connectivity index (χ4v) is 6.26. The van der Waals surface area contributed by atoms with Crippen molar-refractivity contribution >= 4 is 28.6 Å². The van der Waals surface area contributed by atoms with Gasteiger partial charge in [0.1, 0.15) is 18.0 Å². The first-order valence-electron chi connectivity index (χ1n) is 14.5. The molecule has 4 aromatic carbocycles. The third-order valence-corrected chi connectivity index (χ3v) is 8.39. The number of nitrogens with one attached hydrogen (secondary N) is 1. The van der Waals surface area contributed by atoms with Gasteiger partial charge in [0, 0.05) is 25.9 Å². The molecule has 2 saturated heterocycles. The summed E-state index contributed by atoms with van der Waals surface area (Å²) in [6, 6.07) is 28.0. The third kappa shape index (κ3) is 5.76. The van der Waals surface area contributed by atoms with Gasteiger partial charge in [-0.05, 0) is 39.6 Å². The number of phenolic OH excluding ortho intramolecular Hbond substituents is 1. The highest BCUT2D eigenvalue weighted by atomic mass is 16.3. The minimum atomic E-state index is -0.866. The summed E-state index contributed by atoms with van der Waals surface area (Å²) in [6.07, 6.45) is -0.644. The minimum absolute atomic E-state index is 0.0889. The molecule has 9 nitrogen and oxygen atoms in total. The van der Waals surface area contributed by atoms with Crippen molar-refractivity contribution in [2.45, 2.75) is 44.2 Å². The van der Waals surface area contributed by atoms with Crippen molar-refractivity contribution in [2.24, 2.45) is 0 Å². The highest BCUT2D eigenvalue weighted by Gasteiger charge is 2.51. The van der Waals surface area contributed by atoms with Gasteiger partial charge in [-0.25, -0.2) is 4.79 Å². The van der Waals surface area contributed by atoms with Crippen LogP contribution in [0, 0.1) is 0 Å². The van der Waals surface area contributed by atoms with Crippen LogP contribution in [0.5, 0.6) is 5.75 Å². The Morgan fingerprint density at radius 2 is 1.58 bits per heavy atom. The summed E-state index contributed by atoms with van der Waals surface area (Å²) in [5.41, 5.74) is 2.66. The van der Waals surface area contributed by atoms with E-state index >= 15 is 0 Å². The number of rotatable bonds is 7. The number of urea groups is 1. The molecular weight excluding hydrogens is 544 g/mol. The number of aliphatic hydroxyl groups excluding tert-OH is 1. The molecule has 6 rings (SSSR count). The molecule has 2 unspecified atom stereocenters. The van der Waals surface area contributed by atoms with E-state index in [4.69, 9.17) is 0 Å². The normalized spacial score (nSPS) is 20.3. The van der Waals surface area contributed by atoms with Crippen molar-refractivity contribution in [3.8, 4) is 5.75 Å². The van der Waals surface area contributed by atoms with Crippen LogP contribution in [0.15, 0.2) is 97.1 Å². The second kappa shape index (κ2) is 12.1. The molecule has 2 aliphatic heterocycles. The van der Waals surface area contributed by atoms with Gasteiger partial charge in [-0.1, -0.05) is 84.9 Å². The van der Waals surface area contributed by atoms with Crippen molar-refractivity contribution < 1.29 is 24.6 Å². The summed E-state index contributed by atoms with van der Waals surface area (Å²) >= 11 is 0. The number of phenols is 1. The first-order chi connectivity index (χ1) is 20.9. The SMILES string of the molecule is O=C1C(Cc2ccc(O)cc2)N2C(=O)CC(CO)N(C(=O)NCc3ccccc3)[C@H]2CN1Cc1cccc2ccccc12. The summed E-state index contributed by atoms with van der Waals surface area (Å²) in [5, 5.41) is 25.2. The maximum absolute atomic E-state index is 14.2. The summed E-state index contributed by atoms with van der Waals surface area (Å²) in [7, 11) is 0. The molecule has 0 aliphatic carbocycles. The van der Waals surface area contributed by atoms with Crippen LogP contribution in [0.25, 0.3) is 10.8 Å². The van der Waals surface area contributed by atoms with Crippen LogP contribution in [0.2, 0.25) is 0 Å². The topological polar surface area (TPSA) is 113 Å². The zero-order valence-corrected chi connectivity index (χ0v) is 23.7. The number of nitrogens with zero attached hydrogens (tertiary/aromatic N) is 3. The lowest BCUT2D eigenvalue weighted by Gasteiger charge is -2.54. The van der Waals surface area contributed by atoms with Crippen molar-refractivity contribution in [3.05, 3.63) is 114 Å². The molecule has 0 radical (unpaired) electrons. The van der Waals surface area contributed by atoms with Gasteiger partial charge in [-0.2, -0.15) is 0 Å². The molecule has 0 bridgehead atoms. The van der Waals surface area contributed by atoms with Gasteiger partial charge in [0.05, 0.1) is 19.2 Å². The number of fused-ring (bicyclic) bond motifs is 2. The summed E-state index contributed by atoms with van der Waals surface area (Å²) in [4.78, 5) is 46.4. The highest BCUT2D eigenvalue weighted by molar-refractivity contribution is 5.92. The molecule has 4 aromatic rings. The second-order valence-electron chi connectivity index (χ2n) is 11.1. The molecule has 2 aliphatic rings. The monoisotopic (exact) mass is 578 g/mol. The predicted octanol–water partition coefficient (Wildman–Crippen LogP) is 3.63. The van der Waals surface area contributed by atoms with E-state index < -0.39 is 24.3 Å². The van der Waals surface area contributed by atoms with E-state index in [1.165, 1.54) is 9.80 Å². The maximum Gasteiger partial charge on any atom is 0.319 e. The van der Waals surface area contributed by atoms with Gasteiger partial charge in [0.25, 0.3) is 0 Å². The first-order valence-corrected chi connectivity index (χ1v) is 14.5. The van der Waals surface area contributed by atoms with Crippen LogP contribution in [0.1, 0.15) is 23.1 Å². The van der Waals surface area contributed by atoms with E-state index in [0.717, 1.165) is 27.5 Å². The van der Waals surface area contributed by atoms with E-state index in [2.05, 4.69) is 5.32 Å². The molecular formula is C34H34N4O5. The van der Waals surface area contributed by atoms with Crippen LogP contribution >= 0.6 is 0 Å². The van der Waals surface area contributed by atoms with E-state index in [1.807, 2.05) is 72.8 Å². The summed E-state index contributed by atoms with van der Waals surface area (Å²) in [5.74, 6) is -0.383. The fraction of sp³-hybridized carbons (Fsp3) is 0.265. The second-order valence-corrected chi connectivity index (χ2v) is 11.1. The largest absolute Gasteiger partial charge is 0.508 e. The number of hydrogen-bond acceptors (Lipinski definition) is 5. The number of benzene rings is 4. The average molecular weight is 579 g/mol. The Bertz CT molecular complexity index is 1620. The molecule has 43 heavy (non-hydrogen) atoms. The molecule has 0 spiro atoms. The molecule has 220 valence electrons. The lowest BCUT2D eigenvalue weighted by molar-refractivity contribution is -0.171. The lowest BCUT2D eigenvalue weighted by atomic mass is 9.94. The molecule has 9 heteroatoms. The predicted molar refractivity (Wildman–Crippen MR) is 162 cm³/mol. The van der Waals surface area contributed by atoms with Crippen LogP contribution in [-0.4, -0.2) is 74.2 Å².